The van der Waals surface area contributed by atoms with Crippen molar-refractivity contribution in [2.24, 2.45) is 0 Å². The molecule has 0 aliphatic carbocycles. The number of fused-ring (bicyclic) bond motifs is 1. The Balaban J connectivity index is 2.02. The highest BCUT2D eigenvalue weighted by atomic mass is 16.2. The van der Waals surface area contributed by atoms with Crippen LogP contribution in [0.2, 0.25) is 0 Å². The van der Waals surface area contributed by atoms with Crippen LogP contribution >= 0.6 is 0 Å². The summed E-state index contributed by atoms with van der Waals surface area (Å²) in [6.45, 7) is 2.73. The molecule has 17 heavy (non-hydrogen) atoms. The second-order valence-corrected chi connectivity index (χ2v) is 4.39. The van der Waals surface area contributed by atoms with Crippen molar-refractivity contribution in [1.29, 1.82) is 0 Å². The van der Waals surface area contributed by atoms with Crippen LogP contribution in [0.1, 0.15) is 21.5 Å². The topological polar surface area (TPSA) is 20.3 Å². The van der Waals surface area contributed by atoms with Crippen molar-refractivity contribution in [3.05, 3.63) is 65.2 Å². The largest absolute Gasteiger partial charge is 0.304 e. The van der Waals surface area contributed by atoms with E-state index in [9.17, 15) is 4.79 Å². The number of amides is 1. The Bertz CT molecular complexity index is 575. The van der Waals surface area contributed by atoms with Gasteiger partial charge in [0.25, 0.3) is 5.91 Å². The summed E-state index contributed by atoms with van der Waals surface area (Å²) in [7, 11) is 0. The molecule has 2 nitrogen and oxygen atoms in total. The average molecular weight is 223 g/mol. The van der Waals surface area contributed by atoms with Gasteiger partial charge in [-0.25, -0.2) is 0 Å². The van der Waals surface area contributed by atoms with Gasteiger partial charge in [-0.15, -0.1) is 0 Å². The van der Waals surface area contributed by atoms with E-state index in [2.05, 4.69) is 13.0 Å². The molecule has 84 valence electrons. The maximum Gasteiger partial charge on any atom is 0.258 e. The van der Waals surface area contributed by atoms with Gasteiger partial charge in [-0.05, 0) is 30.7 Å². The van der Waals surface area contributed by atoms with Gasteiger partial charge in [0.05, 0.1) is 6.54 Å². The molecule has 0 N–H and O–H groups in total. The molecule has 2 aromatic carbocycles. The molecular formula is C15H13NO. The zero-order valence-electron chi connectivity index (χ0n) is 9.68. The molecule has 0 bridgehead atoms. The molecular weight excluding hydrogens is 210 g/mol. The van der Waals surface area contributed by atoms with Crippen molar-refractivity contribution in [2.45, 2.75) is 13.5 Å². The molecule has 1 aliphatic rings. The lowest BCUT2D eigenvalue weighted by atomic mass is 10.1. The first-order chi connectivity index (χ1) is 8.25. The number of anilines is 1. The molecule has 0 fully saturated rings. The summed E-state index contributed by atoms with van der Waals surface area (Å²) in [5.74, 6) is 0.103. The molecule has 0 atom stereocenters. The highest BCUT2D eigenvalue weighted by molar-refractivity contribution is 6.10. The lowest BCUT2D eigenvalue weighted by Gasteiger charge is -2.15. The highest BCUT2D eigenvalue weighted by Crippen LogP contribution is 2.28. The minimum Gasteiger partial charge on any atom is -0.304 e. The number of carbonyl (C=O) groups excluding carboxylic acids is 1. The zero-order chi connectivity index (χ0) is 11.8. The number of carbonyl (C=O) groups is 1. The van der Waals surface area contributed by atoms with Crippen molar-refractivity contribution < 1.29 is 4.79 Å². The van der Waals surface area contributed by atoms with Gasteiger partial charge in [0, 0.05) is 11.3 Å². The summed E-state index contributed by atoms with van der Waals surface area (Å²) in [6.07, 6.45) is 0. The van der Waals surface area contributed by atoms with Gasteiger partial charge in [-0.2, -0.15) is 0 Å². The third kappa shape index (κ3) is 1.62. The first kappa shape index (κ1) is 10.1. The van der Waals surface area contributed by atoms with E-state index in [0.717, 1.165) is 16.8 Å². The fourth-order valence-electron chi connectivity index (χ4n) is 2.27. The van der Waals surface area contributed by atoms with E-state index < -0.39 is 0 Å². The second-order valence-electron chi connectivity index (χ2n) is 4.39. The highest BCUT2D eigenvalue weighted by Gasteiger charge is 2.27. The number of nitrogens with zero attached hydrogens (tertiary/aromatic N) is 1. The maximum atomic E-state index is 12.2. The molecule has 3 rings (SSSR count). The van der Waals surface area contributed by atoms with Crippen molar-refractivity contribution in [3.8, 4) is 0 Å². The van der Waals surface area contributed by atoms with Gasteiger partial charge >= 0.3 is 0 Å². The van der Waals surface area contributed by atoms with Gasteiger partial charge in [0.1, 0.15) is 0 Å². The van der Waals surface area contributed by atoms with Crippen molar-refractivity contribution in [3.63, 3.8) is 0 Å². The van der Waals surface area contributed by atoms with Gasteiger partial charge in [0.15, 0.2) is 0 Å². The van der Waals surface area contributed by atoms with Crippen LogP contribution in [0.25, 0.3) is 0 Å². The van der Waals surface area contributed by atoms with E-state index in [4.69, 9.17) is 0 Å². The predicted octanol–water partition coefficient (Wildman–Crippen LogP) is 3.16. The number of aryl methyl sites for hydroxylation is 1. The Labute approximate surface area is 100 Å². The summed E-state index contributed by atoms with van der Waals surface area (Å²) >= 11 is 0. The average Bonchev–Trinajstić information content (AvgIpc) is 2.67. The molecule has 2 heteroatoms. The van der Waals surface area contributed by atoms with Crippen LogP contribution < -0.4 is 4.90 Å². The molecule has 0 saturated heterocycles. The summed E-state index contributed by atoms with van der Waals surface area (Å²) in [5, 5.41) is 0. The summed E-state index contributed by atoms with van der Waals surface area (Å²) < 4.78 is 0. The molecule has 1 heterocycles. The summed E-state index contributed by atoms with van der Waals surface area (Å²) in [4.78, 5) is 14.1. The lowest BCUT2D eigenvalue weighted by Crippen LogP contribution is -2.22. The first-order valence-corrected chi connectivity index (χ1v) is 5.72. The van der Waals surface area contributed by atoms with Gasteiger partial charge in [0.2, 0.25) is 0 Å². The minimum atomic E-state index is 0.103. The Kier molecular flexibility index (Phi) is 2.22. The van der Waals surface area contributed by atoms with Crippen LogP contribution in [-0.4, -0.2) is 5.91 Å². The number of benzene rings is 2. The normalized spacial score (nSPS) is 13.9. The zero-order valence-corrected chi connectivity index (χ0v) is 9.68. The molecule has 1 aliphatic heterocycles. The Hall–Kier alpha value is -2.09. The summed E-state index contributed by atoms with van der Waals surface area (Å²) in [6, 6.07) is 15.8. The van der Waals surface area contributed by atoms with Gasteiger partial charge in [-0.3, -0.25) is 4.79 Å². The van der Waals surface area contributed by atoms with Crippen molar-refractivity contribution in [1.82, 2.24) is 0 Å². The van der Waals surface area contributed by atoms with Crippen LogP contribution in [0.15, 0.2) is 48.5 Å². The number of hydrogen-bond acceptors (Lipinski definition) is 1. The monoisotopic (exact) mass is 223 g/mol. The quantitative estimate of drug-likeness (QED) is 0.727. The van der Waals surface area contributed by atoms with Gasteiger partial charge < -0.3 is 4.90 Å². The molecule has 2 aromatic rings. The SMILES string of the molecule is Cc1ccc2c(c1)CN(c1ccccc1)C2=O. The van der Waals surface area contributed by atoms with E-state index in [1.54, 1.807) is 0 Å². The molecule has 0 radical (unpaired) electrons. The third-order valence-corrected chi connectivity index (χ3v) is 3.13. The van der Waals surface area contributed by atoms with Crippen LogP contribution in [-0.2, 0) is 6.54 Å². The minimum absolute atomic E-state index is 0.103. The van der Waals surface area contributed by atoms with E-state index in [1.807, 2.05) is 47.4 Å². The number of para-hydroxylation sites is 1. The van der Waals surface area contributed by atoms with E-state index in [0.29, 0.717) is 6.54 Å². The second kappa shape index (κ2) is 3.74. The molecule has 0 aromatic heterocycles. The van der Waals surface area contributed by atoms with Gasteiger partial charge in [-0.1, -0.05) is 35.9 Å². The Morgan fingerprint density at radius 1 is 1.06 bits per heavy atom. The molecule has 0 saturated carbocycles. The standard InChI is InChI=1S/C15H13NO/c1-11-7-8-14-12(9-11)10-16(15(14)17)13-5-3-2-4-6-13/h2-9H,10H2,1H3. The molecule has 0 spiro atoms. The predicted molar refractivity (Wildman–Crippen MR) is 68.1 cm³/mol. The van der Waals surface area contributed by atoms with Crippen LogP contribution in [0, 0.1) is 6.92 Å². The van der Waals surface area contributed by atoms with Crippen LogP contribution in [0.3, 0.4) is 0 Å². The van der Waals surface area contributed by atoms with Crippen molar-refractivity contribution in [2.75, 3.05) is 4.90 Å². The maximum absolute atomic E-state index is 12.2. The number of rotatable bonds is 1. The Morgan fingerprint density at radius 3 is 2.59 bits per heavy atom. The summed E-state index contributed by atoms with van der Waals surface area (Å²) in [5.41, 5.74) is 4.12. The molecule has 1 amide bonds. The van der Waals surface area contributed by atoms with E-state index in [1.165, 1.54) is 5.56 Å². The fourth-order valence-corrected chi connectivity index (χ4v) is 2.27. The van der Waals surface area contributed by atoms with Crippen molar-refractivity contribution >= 4 is 11.6 Å². The van der Waals surface area contributed by atoms with E-state index in [-0.39, 0.29) is 5.91 Å². The van der Waals surface area contributed by atoms with E-state index >= 15 is 0 Å². The molecule has 0 unspecified atom stereocenters. The first-order valence-electron chi connectivity index (χ1n) is 5.72. The van der Waals surface area contributed by atoms with Crippen LogP contribution in [0.5, 0.6) is 0 Å². The van der Waals surface area contributed by atoms with Crippen LogP contribution in [0.4, 0.5) is 5.69 Å². The third-order valence-electron chi connectivity index (χ3n) is 3.13. The fraction of sp³-hybridized carbons (Fsp3) is 0.133. The smallest absolute Gasteiger partial charge is 0.258 e. The lowest BCUT2D eigenvalue weighted by molar-refractivity contribution is 0.0996. The Morgan fingerprint density at radius 2 is 1.82 bits per heavy atom. The number of hydrogen-bond donors (Lipinski definition) is 0.